The molecule has 2 N–H and O–H groups in total. The highest BCUT2D eigenvalue weighted by Crippen LogP contribution is 2.28. The summed E-state index contributed by atoms with van der Waals surface area (Å²) < 4.78 is 10.7. The van der Waals surface area contributed by atoms with Crippen LogP contribution in [0.3, 0.4) is 0 Å². The molecule has 1 unspecified atom stereocenters. The van der Waals surface area contributed by atoms with Gasteiger partial charge in [0, 0.05) is 6.54 Å². The van der Waals surface area contributed by atoms with E-state index in [1.165, 1.54) is 0 Å². The van der Waals surface area contributed by atoms with Gasteiger partial charge in [0.05, 0.1) is 13.2 Å². The molecule has 0 heterocycles. The van der Waals surface area contributed by atoms with E-state index < -0.39 is 6.10 Å². The number of aliphatic hydroxyl groups is 1. The third-order valence-electron chi connectivity index (χ3n) is 2.29. The first-order valence-electron chi connectivity index (χ1n) is 5.85. The Hall–Kier alpha value is -1.26. The number of rotatable bonds is 7. The van der Waals surface area contributed by atoms with Crippen LogP contribution in [-0.2, 0) is 6.54 Å². The predicted octanol–water partition coefficient (Wildman–Crippen LogP) is 1.56. The van der Waals surface area contributed by atoms with Gasteiger partial charge in [0.25, 0.3) is 0 Å². The molecule has 0 aliphatic rings. The summed E-state index contributed by atoms with van der Waals surface area (Å²) in [4.78, 5) is 0. The lowest BCUT2D eigenvalue weighted by atomic mass is 10.2. The highest BCUT2D eigenvalue weighted by Gasteiger charge is 2.06. The molecule has 0 amide bonds. The zero-order valence-electron chi connectivity index (χ0n) is 10.7. The summed E-state index contributed by atoms with van der Waals surface area (Å²) in [5.74, 6) is 1.36. The molecule has 96 valence electrons. The van der Waals surface area contributed by atoms with E-state index in [0.29, 0.717) is 11.5 Å². The van der Waals surface area contributed by atoms with Crippen molar-refractivity contribution in [2.24, 2.45) is 0 Å². The molecular formula is C13H21NO3. The lowest BCUT2D eigenvalue weighted by Gasteiger charge is -2.13. The Labute approximate surface area is 103 Å². The van der Waals surface area contributed by atoms with Gasteiger partial charge in [-0.1, -0.05) is 13.0 Å². The van der Waals surface area contributed by atoms with Gasteiger partial charge in [-0.25, -0.2) is 0 Å². The lowest BCUT2D eigenvalue weighted by Crippen LogP contribution is -2.14. The first-order chi connectivity index (χ1) is 8.17. The Balaban J connectivity index is 2.71. The van der Waals surface area contributed by atoms with Crippen LogP contribution in [-0.4, -0.2) is 31.5 Å². The summed E-state index contributed by atoms with van der Waals surface area (Å²) in [5.41, 5.74) is 1.15. The smallest absolute Gasteiger partial charge is 0.161 e. The molecule has 0 aliphatic heterocycles. The molecule has 17 heavy (non-hydrogen) atoms. The average molecular weight is 239 g/mol. The van der Waals surface area contributed by atoms with Crippen LogP contribution in [0.5, 0.6) is 11.5 Å². The van der Waals surface area contributed by atoms with E-state index in [9.17, 15) is 5.11 Å². The first-order valence-corrected chi connectivity index (χ1v) is 5.85. The summed E-state index contributed by atoms with van der Waals surface area (Å²) in [5, 5.41) is 12.4. The Bertz CT molecular complexity index is 339. The first kappa shape index (κ1) is 13.8. The second-order valence-electron chi connectivity index (χ2n) is 3.93. The minimum Gasteiger partial charge on any atom is -0.493 e. The van der Waals surface area contributed by atoms with Crippen molar-refractivity contribution in [3.05, 3.63) is 23.8 Å². The maximum Gasteiger partial charge on any atom is 0.161 e. The number of nitrogens with one attached hydrogen (secondary N) is 1. The van der Waals surface area contributed by atoms with Gasteiger partial charge in [0.15, 0.2) is 11.5 Å². The molecule has 0 saturated heterocycles. The standard InChI is InChI=1S/C13H21NO3/c1-4-14-8-11-5-6-12(13(7-11)16-3)17-9-10(2)15/h5-7,10,14-15H,4,8-9H2,1-3H3. The third kappa shape index (κ3) is 4.63. The largest absolute Gasteiger partial charge is 0.493 e. The zero-order valence-corrected chi connectivity index (χ0v) is 10.7. The summed E-state index contributed by atoms with van der Waals surface area (Å²) >= 11 is 0. The van der Waals surface area contributed by atoms with Gasteiger partial charge >= 0.3 is 0 Å². The van der Waals surface area contributed by atoms with Crippen molar-refractivity contribution in [3.8, 4) is 11.5 Å². The van der Waals surface area contributed by atoms with Gasteiger partial charge < -0.3 is 19.9 Å². The number of ether oxygens (including phenoxy) is 2. The van der Waals surface area contributed by atoms with E-state index in [1.54, 1.807) is 14.0 Å². The maximum atomic E-state index is 9.17. The van der Waals surface area contributed by atoms with E-state index in [4.69, 9.17) is 9.47 Å². The van der Waals surface area contributed by atoms with E-state index in [2.05, 4.69) is 12.2 Å². The molecule has 4 nitrogen and oxygen atoms in total. The molecule has 1 atom stereocenters. The Morgan fingerprint density at radius 1 is 1.35 bits per heavy atom. The molecule has 0 spiro atoms. The summed E-state index contributed by atoms with van der Waals surface area (Å²) in [6.07, 6.45) is -0.485. The predicted molar refractivity (Wildman–Crippen MR) is 67.6 cm³/mol. The average Bonchev–Trinajstić information content (AvgIpc) is 2.34. The summed E-state index contributed by atoms with van der Waals surface area (Å²) in [7, 11) is 1.61. The highest BCUT2D eigenvalue weighted by atomic mass is 16.5. The second kappa shape index (κ2) is 7.14. The summed E-state index contributed by atoms with van der Waals surface area (Å²) in [6, 6.07) is 5.80. The maximum absolute atomic E-state index is 9.17. The number of aliphatic hydroxyl groups excluding tert-OH is 1. The van der Waals surface area contributed by atoms with Crippen molar-refractivity contribution in [3.63, 3.8) is 0 Å². The van der Waals surface area contributed by atoms with Crippen LogP contribution in [0.15, 0.2) is 18.2 Å². The van der Waals surface area contributed by atoms with Gasteiger partial charge in [-0.05, 0) is 31.2 Å². The van der Waals surface area contributed by atoms with Crippen LogP contribution >= 0.6 is 0 Å². The minimum atomic E-state index is -0.485. The van der Waals surface area contributed by atoms with E-state index >= 15 is 0 Å². The fourth-order valence-electron chi connectivity index (χ4n) is 1.42. The molecule has 4 heteroatoms. The lowest BCUT2D eigenvalue weighted by molar-refractivity contribution is 0.120. The monoisotopic (exact) mass is 239 g/mol. The van der Waals surface area contributed by atoms with Crippen molar-refractivity contribution < 1.29 is 14.6 Å². The van der Waals surface area contributed by atoms with Crippen molar-refractivity contribution in [1.29, 1.82) is 0 Å². The molecule has 0 aliphatic carbocycles. The highest BCUT2D eigenvalue weighted by molar-refractivity contribution is 5.42. The van der Waals surface area contributed by atoms with Gasteiger partial charge in [0.2, 0.25) is 0 Å². The van der Waals surface area contributed by atoms with Gasteiger partial charge in [-0.15, -0.1) is 0 Å². The van der Waals surface area contributed by atoms with Crippen LogP contribution < -0.4 is 14.8 Å². The van der Waals surface area contributed by atoms with Crippen molar-refractivity contribution in [2.75, 3.05) is 20.3 Å². The quantitative estimate of drug-likeness (QED) is 0.758. The molecule has 1 aromatic carbocycles. The minimum absolute atomic E-state index is 0.267. The van der Waals surface area contributed by atoms with Crippen molar-refractivity contribution in [2.45, 2.75) is 26.5 Å². The van der Waals surface area contributed by atoms with Gasteiger partial charge in [-0.2, -0.15) is 0 Å². The van der Waals surface area contributed by atoms with Gasteiger partial charge in [0.1, 0.15) is 6.61 Å². The number of hydrogen-bond acceptors (Lipinski definition) is 4. The van der Waals surface area contributed by atoms with Crippen LogP contribution in [0.1, 0.15) is 19.4 Å². The second-order valence-corrected chi connectivity index (χ2v) is 3.93. The molecular weight excluding hydrogens is 218 g/mol. The molecule has 0 aromatic heterocycles. The van der Waals surface area contributed by atoms with Crippen molar-refractivity contribution in [1.82, 2.24) is 5.32 Å². The molecule has 0 fully saturated rings. The Morgan fingerprint density at radius 3 is 2.71 bits per heavy atom. The number of hydrogen-bond donors (Lipinski definition) is 2. The molecule has 0 saturated carbocycles. The van der Waals surface area contributed by atoms with E-state index in [1.807, 2.05) is 18.2 Å². The molecule has 0 bridgehead atoms. The Kier molecular flexibility index (Phi) is 5.80. The third-order valence-corrected chi connectivity index (χ3v) is 2.29. The number of benzene rings is 1. The molecule has 1 aromatic rings. The molecule has 0 radical (unpaired) electrons. The van der Waals surface area contributed by atoms with Crippen LogP contribution in [0.2, 0.25) is 0 Å². The van der Waals surface area contributed by atoms with Gasteiger partial charge in [-0.3, -0.25) is 0 Å². The van der Waals surface area contributed by atoms with Crippen LogP contribution in [0.4, 0.5) is 0 Å². The fraction of sp³-hybridized carbons (Fsp3) is 0.538. The fourth-order valence-corrected chi connectivity index (χ4v) is 1.42. The van der Waals surface area contributed by atoms with E-state index in [-0.39, 0.29) is 6.61 Å². The Morgan fingerprint density at radius 2 is 2.12 bits per heavy atom. The number of methoxy groups -OCH3 is 1. The van der Waals surface area contributed by atoms with Crippen LogP contribution in [0, 0.1) is 0 Å². The SMILES string of the molecule is CCNCc1ccc(OCC(C)O)c(OC)c1. The normalized spacial score (nSPS) is 12.2. The van der Waals surface area contributed by atoms with E-state index in [0.717, 1.165) is 18.7 Å². The topological polar surface area (TPSA) is 50.7 Å². The van der Waals surface area contributed by atoms with Crippen molar-refractivity contribution >= 4 is 0 Å². The molecule has 1 rings (SSSR count). The summed E-state index contributed by atoms with van der Waals surface area (Å²) in [6.45, 7) is 5.76. The zero-order chi connectivity index (χ0) is 12.7. The van der Waals surface area contributed by atoms with Crippen LogP contribution in [0.25, 0.3) is 0 Å².